The van der Waals surface area contributed by atoms with E-state index in [-0.39, 0.29) is 11.8 Å². The van der Waals surface area contributed by atoms with Gasteiger partial charge in [-0.05, 0) is 17.7 Å². The number of phenolic OH excluding ortho intramolecular Hbond substituents is 1. The Morgan fingerprint density at radius 3 is 2.25 bits per heavy atom. The summed E-state index contributed by atoms with van der Waals surface area (Å²) in [5.41, 5.74) is 1.01. The summed E-state index contributed by atoms with van der Waals surface area (Å²) in [6, 6.07) is 3.76. The molecule has 0 unspecified atom stereocenters. The summed E-state index contributed by atoms with van der Waals surface area (Å²) in [4.78, 5) is 2.34. The zero-order chi connectivity index (χ0) is 14.5. The zero-order valence-electron chi connectivity index (χ0n) is 12.1. The number of phenols is 1. The fraction of sp³-hybridized carbons (Fsp3) is 0.467. The molecule has 1 aromatic carbocycles. The van der Waals surface area contributed by atoms with Crippen molar-refractivity contribution in [3.05, 3.63) is 30.4 Å². The number of nitrogens with one attached hydrogen (secondary N) is 1. The molecule has 1 heterocycles. The first-order chi connectivity index (χ1) is 9.71. The first-order valence-electron chi connectivity index (χ1n) is 6.73. The number of hydrogen-bond donors (Lipinski definition) is 2. The third-order valence-corrected chi connectivity index (χ3v) is 3.61. The highest BCUT2D eigenvalue weighted by Crippen LogP contribution is 2.39. The van der Waals surface area contributed by atoms with Crippen LogP contribution in [0.15, 0.2) is 24.8 Å². The van der Waals surface area contributed by atoms with Crippen molar-refractivity contribution in [1.82, 2.24) is 10.2 Å². The number of rotatable bonds is 5. The Morgan fingerprint density at radius 1 is 1.25 bits per heavy atom. The summed E-state index contributed by atoms with van der Waals surface area (Å²) in [5, 5.41) is 13.3. The first-order valence-corrected chi connectivity index (χ1v) is 6.73. The average Bonchev–Trinajstić information content (AvgIpc) is 2.50. The lowest BCUT2D eigenvalue weighted by atomic mass is 10.0. The summed E-state index contributed by atoms with van der Waals surface area (Å²) in [5.74, 6) is 0.865. The second kappa shape index (κ2) is 6.63. The minimum Gasteiger partial charge on any atom is -0.502 e. The second-order valence-corrected chi connectivity index (χ2v) is 4.74. The molecular formula is C15H22N2O3. The Morgan fingerprint density at radius 2 is 1.80 bits per heavy atom. The number of hydrogen-bond acceptors (Lipinski definition) is 5. The van der Waals surface area contributed by atoms with Crippen molar-refractivity contribution < 1.29 is 14.6 Å². The summed E-state index contributed by atoms with van der Waals surface area (Å²) in [6.07, 6.45) is 1.91. The molecule has 1 aliphatic heterocycles. The van der Waals surface area contributed by atoms with Crippen LogP contribution in [0.2, 0.25) is 0 Å². The van der Waals surface area contributed by atoms with Crippen molar-refractivity contribution in [2.75, 3.05) is 40.4 Å². The van der Waals surface area contributed by atoms with E-state index in [0.717, 1.165) is 31.7 Å². The number of benzene rings is 1. The van der Waals surface area contributed by atoms with Gasteiger partial charge in [0, 0.05) is 26.2 Å². The van der Waals surface area contributed by atoms with Crippen LogP contribution in [-0.2, 0) is 0 Å². The van der Waals surface area contributed by atoms with Gasteiger partial charge in [0.1, 0.15) is 0 Å². The molecule has 0 saturated carbocycles. The van der Waals surface area contributed by atoms with Gasteiger partial charge >= 0.3 is 0 Å². The molecule has 0 amide bonds. The smallest absolute Gasteiger partial charge is 0.200 e. The lowest BCUT2D eigenvalue weighted by Gasteiger charge is -2.33. The molecule has 20 heavy (non-hydrogen) atoms. The minimum absolute atomic E-state index is 0.0295. The molecule has 1 aliphatic rings. The lowest BCUT2D eigenvalue weighted by molar-refractivity contribution is 0.202. The van der Waals surface area contributed by atoms with Gasteiger partial charge in [0.25, 0.3) is 0 Å². The Kier molecular flexibility index (Phi) is 4.87. The van der Waals surface area contributed by atoms with Crippen molar-refractivity contribution in [2.24, 2.45) is 0 Å². The van der Waals surface area contributed by atoms with Gasteiger partial charge in [0.2, 0.25) is 5.75 Å². The Balaban J connectivity index is 2.35. The van der Waals surface area contributed by atoms with Crippen LogP contribution in [0.4, 0.5) is 0 Å². The van der Waals surface area contributed by atoms with Crippen LogP contribution in [0.1, 0.15) is 11.6 Å². The van der Waals surface area contributed by atoms with E-state index in [1.54, 1.807) is 0 Å². The molecule has 0 bridgehead atoms. The number of aromatic hydroxyl groups is 1. The van der Waals surface area contributed by atoms with E-state index >= 15 is 0 Å². The number of ether oxygens (including phenoxy) is 2. The van der Waals surface area contributed by atoms with Gasteiger partial charge < -0.3 is 19.9 Å². The van der Waals surface area contributed by atoms with Crippen LogP contribution >= 0.6 is 0 Å². The molecule has 1 saturated heterocycles. The van der Waals surface area contributed by atoms with Gasteiger partial charge in [-0.1, -0.05) is 6.08 Å². The van der Waals surface area contributed by atoms with Crippen LogP contribution in [0.25, 0.3) is 0 Å². The van der Waals surface area contributed by atoms with Crippen LogP contribution in [0, 0.1) is 0 Å². The number of nitrogens with zero attached hydrogens (tertiary/aromatic N) is 1. The van der Waals surface area contributed by atoms with Gasteiger partial charge in [-0.2, -0.15) is 0 Å². The quantitative estimate of drug-likeness (QED) is 0.800. The maximum Gasteiger partial charge on any atom is 0.200 e. The minimum atomic E-state index is 0.0295. The fourth-order valence-electron chi connectivity index (χ4n) is 2.54. The molecule has 1 aromatic rings. The lowest BCUT2D eigenvalue weighted by Crippen LogP contribution is -2.44. The van der Waals surface area contributed by atoms with Crippen molar-refractivity contribution >= 4 is 0 Å². The molecular weight excluding hydrogens is 256 g/mol. The fourth-order valence-corrected chi connectivity index (χ4v) is 2.54. The van der Waals surface area contributed by atoms with Crippen molar-refractivity contribution in [3.63, 3.8) is 0 Å². The second-order valence-electron chi connectivity index (χ2n) is 4.74. The number of methoxy groups -OCH3 is 2. The van der Waals surface area contributed by atoms with E-state index in [0.29, 0.717) is 11.5 Å². The average molecular weight is 278 g/mol. The van der Waals surface area contributed by atoms with Gasteiger partial charge in [-0.25, -0.2) is 0 Å². The van der Waals surface area contributed by atoms with Gasteiger partial charge in [-0.3, -0.25) is 4.90 Å². The van der Waals surface area contributed by atoms with Crippen LogP contribution in [-0.4, -0.2) is 50.4 Å². The zero-order valence-corrected chi connectivity index (χ0v) is 12.1. The SMILES string of the molecule is C=C[C@H](c1cc(OC)c(O)c(OC)c1)N1CCNCC1. The highest BCUT2D eigenvalue weighted by molar-refractivity contribution is 5.53. The van der Waals surface area contributed by atoms with E-state index in [2.05, 4.69) is 16.8 Å². The summed E-state index contributed by atoms with van der Waals surface area (Å²) < 4.78 is 10.4. The van der Waals surface area contributed by atoms with Crippen molar-refractivity contribution in [2.45, 2.75) is 6.04 Å². The largest absolute Gasteiger partial charge is 0.502 e. The van der Waals surface area contributed by atoms with Crippen molar-refractivity contribution in [1.29, 1.82) is 0 Å². The summed E-state index contributed by atoms with van der Waals surface area (Å²) in [6.45, 7) is 7.80. The Bertz CT molecular complexity index is 445. The van der Waals surface area contributed by atoms with Gasteiger partial charge in [0.15, 0.2) is 11.5 Å². The van der Waals surface area contributed by atoms with Gasteiger partial charge in [-0.15, -0.1) is 6.58 Å². The summed E-state index contributed by atoms with van der Waals surface area (Å²) >= 11 is 0. The van der Waals surface area contributed by atoms with Crippen molar-refractivity contribution in [3.8, 4) is 17.2 Å². The highest BCUT2D eigenvalue weighted by atomic mass is 16.5. The molecule has 0 radical (unpaired) electrons. The third kappa shape index (κ3) is 2.89. The van der Waals surface area contributed by atoms with E-state index in [1.807, 2.05) is 18.2 Å². The van der Waals surface area contributed by atoms with E-state index in [1.165, 1.54) is 14.2 Å². The van der Waals surface area contributed by atoms with Gasteiger partial charge in [0.05, 0.1) is 20.3 Å². The molecule has 5 nitrogen and oxygen atoms in total. The normalized spacial score (nSPS) is 17.5. The first kappa shape index (κ1) is 14.7. The standard InChI is InChI=1S/C15H22N2O3/c1-4-12(17-7-5-16-6-8-17)11-9-13(19-2)15(18)14(10-11)20-3/h4,9-10,12,16,18H,1,5-8H2,2-3H3/t12-/m1/s1. The topological polar surface area (TPSA) is 54.0 Å². The van der Waals surface area contributed by atoms with E-state index < -0.39 is 0 Å². The van der Waals surface area contributed by atoms with E-state index in [4.69, 9.17) is 9.47 Å². The highest BCUT2D eigenvalue weighted by Gasteiger charge is 2.22. The van der Waals surface area contributed by atoms with Crippen LogP contribution in [0.3, 0.4) is 0 Å². The predicted octanol–water partition coefficient (Wildman–Crippen LogP) is 1.54. The molecule has 1 fully saturated rings. The Labute approximate surface area is 119 Å². The Hall–Kier alpha value is -1.72. The van der Waals surface area contributed by atoms with Crippen LogP contribution < -0.4 is 14.8 Å². The molecule has 0 aliphatic carbocycles. The summed E-state index contributed by atoms with van der Waals surface area (Å²) in [7, 11) is 3.07. The molecule has 0 aromatic heterocycles. The predicted molar refractivity (Wildman–Crippen MR) is 78.6 cm³/mol. The monoisotopic (exact) mass is 278 g/mol. The maximum absolute atomic E-state index is 9.98. The molecule has 2 N–H and O–H groups in total. The van der Waals surface area contributed by atoms with Crippen LogP contribution in [0.5, 0.6) is 17.2 Å². The molecule has 0 spiro atoms. The molecule has 2 rings (SSSR count). The molecule has 110 valence electrons. The van der Waals surface area contributed by atoms with E-state index in [9.17, 15) is 5.11 Å². The molecule has 5 heteroatoms. The maximum atomic E-state index is 9.98. The third-order valence-electron chi connectivity index (χ3n) is 3.61. The molecule has 1 atom stereocenters. The number of piperazine rings is 1.